The second-order valence-electron chi connectivity index (χ2n) is 3.87. The molecule has 16 heavy (non-hydrogen) atoms. The Morgan fingerprint density at radius 3 is 2.56 bits per heavy atom. The van der Waals surface area contributed by atoms with E-state index in [1.165, 1.54) is 0 Å². The Balaban J connectivity index is 2.25. The molecule has 0 bridgehead atoms. The van der Waals surface area contributed by atoms with Crippen molar-refractivity contribution >= 4 is 0 Å². The third-order valence-electron chi connectivity index (χ3n) is 2.74. The molecule has 1 atom stereocenters. The van der Waals surface area contributed by atoms with Crippen LogP contribution in [0.25, 0.3) is 0 Å². The molecule has 2 rings (SSSR count). The lowest BCUT2D eigenvalue weighted by molar-refractivity contribution is 0.114. The van der Waals surface area contributed by atoms with E-state index in [1.54, 1.807) is 14.2 Å². The topological polar surface area (TPSA) is 27.7 Å². The maximum absolute atomic E-state index is 5.63. The molecule has 1 aromatic carbocycles. The Morgan fingerprint density at radius 1 is 1.25 bits per heavy atom. The maximum atomic E-state index is 5.63. The van der Waals surface area contributed by atoms with Crippen molar-refractivity contribution < 1.29 is 14.2 Å². The highest BCUT2D eigenvalue weighted by Gasteiger charge is 2.21. The number of ether oxygens (including phenoxy) is 3. The SMILES string of the molecule is C=C1CO[C@@H](c2ccc(OC)c(OC)c2)C1. The molecule has 0 N–H and O–H groups in total. The van der Waals surface area contributed by atoms with Crippen LogP contribution in [0.4, 0.5) is 0 Å². The van der Waals surface area contributed by atoms with E-state index in [4.69, 9.17) is 14.2 Å². The Hall–Kier alpha value is -1.48. The zero-order valence-electron chi connectivity index (χ0n) is 9.66. The number of hydrogen-bond donors (Lipinski definition) is 0. The third-order valence-corrected chi connectivity index (χ3v) is 2.74. The van der Waals surface area contributed by atoms with E-state index >= 15 is 0 Å². The molecule has 1 aromatic rings. The lowest BCUT2D eigenvalue weighted by Crippen LogP contribution is -1.98. The van der Waals surface area contributed by atoms with Gasteiger partial charge in [-0.3, -0.25) is 0 Å². The van der Waals surface area contributed by atoms with Gasteiger partial charge in [0.15, 0.2) is 11.5 Å². The average molecular weight is 220 g/mol. The third kappa shape index (κ3) is 2.04. The fourth-order valence-corrected chi connectivity index (χ4v) is 1.87. The molecular weight excluding hydrogens is 204 g/mol. The van der Waals surface area contributed by atoms with Crippen molar-refractivity contribution in [2.24, 2.45) is 0 Å². The van der Waals surface area contributed by atoms with Crippen LogP contribution in [0.2, 0.25) is 0 Å². The molecule has 3 heteroatoms. The van der Waals surface area contributed by atoms with Crippen molar-refractivity contribution in [1.82, 2.24) is 0 Å². The van der Waals surface area contributed by atoms with Gasteiger partial charge in [0.1, 0.15) is 0 Å². The largest absolute Gasteiger partial charge is 0.493 e. The maximum Gasteiger partial charge on any atom is 0.161 e. The van der Waals surface area contributed by atoms with Crippen LogP contribution in [0.3, 0.4) is 0 Å². The molecule has 0 unspecified atom stereocenters. The predicted octanol–water partition coefficient (Wildman–Crippen LogP) is 2.72. The Labute approximate surface area is 95.6 Å². The molecular formula is C13H16O3. The highest BCUT2D eigenvalue weighted by atomic mass is 16.5. The minimum atomic E-state index is 0.104. The van der Waals surface area contributed by atoms with Gasteiger partial charge < -0.3 is 14.2 Å². The van der Waals surface area contributed by atoms with Crippen molar-refractivity contribution in [2.75, 3.05) is 20.8 Å². The zero-order valence-corrected chi connectivity index (χ0v) is 9.66. The van der Waals surface area contributed by atoms with E-state index in [9.17, 15) is 0 Å². The summed E-state index contributed by atoms with van der Waals surface area (Å²) in [6, 6.07) is 5.87. The fraction of sp³-hybridized carbons (Fsp3) is 0.385. The van der Waals surface area contributed by atoms with Gasteiger partial charge >= 0.3 is 0 Å². The van der Waals surface area contributed by atoms with Gasteiger partial charge in [-0.2, -0.15) is 0 Å². The molecule has 0 aromatic heterocycles. The molecule has 0 radical (unpaired) electrons. The van der Waals surface area contributed by atoms with Crippen LogP contribution in [-0.4, -0.2) is 20.8 Å². The number of rotatable bonds is 3. The molecule has 3 nitrogen and oxygen atoms in total. The van der Waals surface area contributed by atoms with Gasteiger partial charge in [0.25, 0.3) is 0 Å². The van der Waals surface area contributed by atoms with Crippen LogP contribution in [-0.2, 0) is 4.74 Å². The first-order valence-electron chi connectivity index (χ1n) is 5.24. The summed E-state index contributed by atoms with van der Waals surface area (Å²) in [5.74, 6) is 1.48. The molecule has 0 amide bonds. The van der Waals surface area contributed by atoms with Gasteiger partial charge in [-0.1, -0.05) is 12.6 Å². The van der Waals surface area contributed by atoms with Crippen LogP contribution in [0.1, 0.15) is 18.1 Å². The van der Waals surface area contributed by atoms with Gasteiger partial charge in [-0.15, -0.1) is 0 Å². The molecule has 1 aliphatic heterocycles. The van der Waals surface area contributed by atoms with Gasteiger partial charge in [-0.25, -0.2) is 0 Å². The van der Waals surface area contributed by atoms with Gasteiger partial charge in [0, 0.05) is 6.42 Å². The molecule has 1 heterocycles. The highest BCUT2D eigenvalue weighted by Crippen LogP contribution is 2.36. The minimum Gasteiger partial charge on any atom is -0.493 e. The van der Waals surface area contributed by atoms with E-state index in [2.05, 4.69) is 6.58 Å². The summed E-state index contributed by atoms with van der Waals surface area (Å²) in [6.07, 6.45) is 0.988. The van der Waals surface area contributed by atoms with Crippen molar-refractivity contribution in [3.05, 3.63) is 35.9 Å². The van der Waals surface area contributed by atoms with E-state index in [1.807, 2.05) is 18.2 Å². The molecule has 0 spiro atoms. The molecule has 0 aliphatic carbocycles. The second kappa shape index (κ2) is 4.58. The summed E-state index contributed by atoms with van der Waals surface area (Å²) in [5.41, 5.74) is 2.25. The van der Waals surface area contributed by atoms with Gasteiger partial charge in [0.05, 0.1) is 26.9 Å². The standard InChI is InChI=1S/C13H16O3/c1-9-6-12(16-8-9)10-4-5-11(14-2)13(7-10)15-3/h4-5,7,12H,1,6,8H2,2-3H3/t12-/m1/s1. The second-order valence-corrected chi connectivity index (χ2v) is 3.87. The van der Waals surface area contributed by atoms with E-state index in [-0.39, 0.29) is 6.10 Å². The number of hydrogen-bond acceptors (Lipinski definition) is 3. The summed E-state index contributed by atoms with van der Waals surface area (Å²) in [4.78, 5) is 0. The van der Waals surface area contributed by atoms with Crippen molar-refractivity contribution in [3.8, 4) is 11.5 Å². The lowest BCUT2D eigenvalue weighted by atomic mass is 10.0. The van der Waals surface area contributed by atoms with Crippen molar-refractivity contribution in [3.63, 3.8) is 0 Å². The van der Waals surface area contributed by atoms with Crippen molar-refractivity contribution in [2.45, 2.75) is 12.5 Å². The minimum absolute atomic E-state index is 0.104. The number of methoxy groups -OCH3 is 2. The average Bonchev–Trinajstić information content (AvgIpc) is 2.75. The van der Waals surface area contributed by atoms with E-state index in [0.717, 1.165) is 29.1 Å². The van der Waals surface area contributed by atoms with Gasteiger partial charge in [0.2, 0.25) is 0 Å². The quantitative estimate of drug-likeness (QED) is 0.733. The summed E-state index contributed by atoms with van der Waals surface area (Å²) >= 11 is 0. The first kappa shape index (κ1) is 11.0. The summed E-state index contributed by atoms with van der Waals surface area (Å²) in [6.45, 7) is 4.58. The first-order valence-corrected chi connectivity index (χ1v) is 5.24. The Kier molecular flexibility index (Phi) is 3.15. The zero-order chi connectivity index (χ0) is 11.5. The summed E-state index contributed by atoms with van der Waals surface area (Å²) < 4.78 is 16.1. The Morgan fingerprint density at radius 2 is 2.00 bits per heavy atom. The van der Waals surface area contributed by atoms with Crippen LogP contribution < -0.4 is 9.47 Å². The number of benzene rings is 1. The molecule has 1 fully saturated rings. The van der Waals surface area contributed by atoms with Crippen LogP contribution in [0.5, 0.6) is 11.5 Å². The normalized spacial score (nSPS) is 19.9. The smallest absolute Gasteiger partial charge is 0.161 e. The summed E-state index contributed by atoms with van der Waals surface area (Å²) in [7, 11) is 3.27. The highest BCUT2D eigenvalue weighted by molar-refractivity contribution is 5.44. The van der Waals surface area contributed by atoms with Crippen molar-refractivity contribution in [1.29, 1.82) is 0 Å². The van der Waals surface area contributed by atoms with Crippen LogP contribution >= 0.6 is 0 Å². The molecule has 86 valence electrons. The fourth-order valence-electron chi connectivity index (χ4n) is 1.87. The predicted molar refractivity (Wildman–Crippen MR) is 62.0 cm³/mol. The Bertz CT molecular complexity index is 398. The first-order chi connectivity index (χ1) is 7.74. The molecule has 0 saturated carbocycles. The molecule has 1 saturated heterocycles. The van der Waals surface area contributed by atoms with Gasteiger partial charge in [-0.05, 0) is 23.3 Å². The lowest BCUT2D eigenvalue weighted by Gasteiger charge is -2.13. The van der Waals surface area contributed by atoms with E-state index < -0.39 is 0 Å². The van der Waals surface area contributed by atoms with Crippen LogP contribution in [0, 0.1) is 0 Å². The van der Waals surface area contributed by atoms with E-state index in [0.29, 0.717) is 6.61 Å². The van der Waals surface area contributed by atoms with Crippen LogP contribution in [0.15, 0.2) is 30.4 Å². The summed E-state index contributed by atoms with van der Waals surface area (Å²) in [5, 5.41) is 0. The molecule has 1 aliphatic rings. The monoisotopic (exact) mass is 220 g/mol.